The summed E-state index contributed by atoms with van der Waals surface area (Å²) in [6.45, 7) is 3.80. The normalized spacial score (nSPS) is 18.2. The molecule has 0 unspecified atom stereocenters. The Kier molecular flexibility index (Phi) is 12.7. The van der Waals surface area contributed by atoms with Crippen LogP contribution in [0.5, 0.6) is 0 Å². The molecule has 2 aliphatic rings. The van der Waals surface area contributed by atoms with Crippen LogP contribution in [0.4, 0.5) is 0 Å². The second kappa shape index (κ2) is 16.2. The molecule has 10 nitrogen and oxygen atoms in total. The van der Waals surface area contributed by atoms with E-state index in [0.717, 1.165) is 31.2 Å². The van der Waals surface area contributed by atoms with Crippen LogP contribution in [-0.2, 0) is 40.0 Å². The molecule has 210 valence electrons. The van der Waals surface area contributed by atoms with Gasteiger partial charge in [-0.25, -0.2) is 0 Å². The van der Waals surface area contributed by atoms with E-state index in [1.165, 1.54) is 6.42 Å². The number of ketones is 1. The monoisotopic (exact) mass is 531 g/mol. The Bertz CT molecular complexity index is 899. The summed E-state index contributed by atoms with van der Waals surface area (Å²) in [4.78, 5) is 53.1. The van der Waals surface area contributed by atoms with Crippen molar-refractivity contribution < 1.29 is 33.4 Å². The van der Waals surface area contributed by atoms with Crippen molar-refractivity contribution >= 4 is 23.6 Å². The Morgan fingerprint density at radius 1 is 1.05 bits per heavy atom. The van der Waals surface area contributed by atoms with Gasteiger partial charge in [0.2, 0.25) is 11.7 Å². The van der Waals surface area contributed by atoms with Crippen LogP contribution in [0.2, 0.25) is 0 Å². The molecule has 1 saturated carbocycles. The molecule has 3 rings (SSSR count). The van der Waals surface area contributed by atoms with Crippen molar-refractivity contribution in [3.05, 3.63) is 35.9 Å². The highest BCUT2D eigenvalue weighted by Gasteiger charge is 2.34. The minimum Gasteiger partial charge on any atom is -0.465 e. The topological polar surface area (TPSA) is 123 Å². The third kappa shape index (κ3) is 9.81. The molecule has 2 fully saturated rings. The van der Waals surface area contributed by atoms with Crippen LogP contribution in [0, 0.1) is 5.92 Å². The molecule has 1 aliphatic heterocycles. The predicted molar refractivity (Wildman–Crippen MR) is 140 cm³/mol. The first-order chi connectivity index (χ1) is 18.5. The molecule has 10 heteroatoms. The molecule has 0 spiro atoms. The maximum Gasteiger partial charge on any atom is 0.325 e. The number of hydrogen-bond acceptors (Lipinski definition) is 8. The Morgan fingerprint density at radius 3 is 2.45 bits per heavy atom. The van der Waals surface area contributed by atoms with Gasteiger partial charge in [-0.1, -0.05) is 62.4 Å². The molecule has 0 radical (unpaired) electrons. The number of carbonyl (C=O) groups is 4. The molecule has 0 bridgehead atoms. The summed E-state index contributed by atoms with van der Waals surface area (Å²) in [5.74, 6) is -2.33. The second-order valence-electron chi connectivity index (χ2n) is 9.82. The number of carbonyl (C=O) groups excluding carboxylic acids is 4. The molecule has 2 N–H and O–H groups in total. The fourth-order valence-electron chi connectivity index (χ4n) is 4.98. The molecule has 2 atom stereocenters. The summed E-state index contributed by atoms with van der Waals surface area (Å²) >= 11 is 0. The number of morpholine rings is 1. The number of hydrogen-bond donors (Lipinski definition) is 2. The van der Waals surface area contributed by atoms with Crippen LogP contribution < -0.4 is 10.6 Å². The highest BCUT2D eigenvalue weighted by atomic mass is 16.5. The molecule has 1 aromatic rings. The van der Waals surface area contributed by atoms with Gasteiger partial charge in [0.1, 0.15) is 12.6 Å². The van der Waals surface area contributed by atoms with E-state index in [4.69, 9.17) is 14.2 Å². The summed E-state index contributed by atoms with van der Waals surface area (Å²) in [6, 6.07) is 7.81. The lowest BCUT2D eigenvalue weighted by atomic mass is 9.84. The number of rotatable bonds is 14. The van der Waals surface area contributed by atoms with Crippen molar-refractivity contribution in [2.75, 3.05) is 46.1 Å². The van der Waals surface area contributed by atoms with Crippen LogP contribution in [0.15, 0.2) is 30.3 Å². The van der Waals surface area contributed by atoms with Gasteiger partial charge in [0.25, 0.3) is 5.91 Å². The van der Waals surface area contributed by atoms with Gasteiger partial charge >= 0.3 is 5.97 Å². The molecule has 38 heavy (non-hydrogen) atoms. The van der Waals surface area contributed by atoms with Gasteiger partial charge in [-0.3, -0.25) is 24.1 Å². The third-order valence-electron chi connectivity index (χ3n) is 7.02. The Balaban J connectivity index is 1.68. The Morgan fingerprint density at radius 2 is 1.76 bits per heavy atom. The number of Topliss-reactive ketones (excluding diaryl/α,β-unsaturated/α-hetero) is 1. The quantitative estimate of drug-likeness (QED) is 0.274. The zero-order chi connectivity index (χ0) is 27.2. The lowest BCUT2D eigenvalue weighted by Gasteiger charge is -2.36. The van der Waals surface area contributed by atoms with Gasteiger partial charge < -0.3 is 24.8 Å². The number of benzene rings is 1. The Labute approximate surface area is 224 Å². The standard InChI is InChI=1S/C28H41N3O7/c1-2-38-25(32)18-29-28(35)26(33)23(20-37-19-22-11-7-4-8-12-22)30-27(34)24(31-13-15-36-16-14-31)17-21-9-5-3-6-10-21/h4,7-8,11-12,21,23-24H,2-3,5-6,9-10,13-20H2,1H3,(H,29,35)(H,30,34)/t23-,24+/m0/s1. The van der Waals surface area contributed by atoms with Crippen molar-refractivity contribution in [3.8, 4) is 0 Å². The lowest BCUT2D eigenvalue weighted by Crippen LogP contribution is -2.57. The van der Waals surface area contributed by atoms with E-state index in [9.17, 15) is 19.2 Å². The first kappa shape index (κ1) is 29.7. The van der Waals surface area contributed by atoms with E-state index < -0.39 is 36.3 Å². The molecule has 1 aromatic carbocycles. The number of ether oxygens (including phenoxy) is 3. The minimum atomic E-state index is -1.19. The molecule has 1 heterocycles. The van der Waals surface area contributed by atoms with Crippen LogP contribution in [0.25, 0.3) is 0 Å². The molecule has 1 aliphatic carbocycles. The van der Waals surface area contributed by atoms with Gasteiger partial charge in [0.05, 0.1) is 39.1 Å². The smallest absolute Gasteiger partial charge is 0.325 e. The van der Waals surface area contributed by atoms with Gasteiger partial charge in [-0.15, -0.1) is 0 Å². The van der Waals surface area contributed by atoms with Crippen LogP contribution in [0.1, 0.15) is 51.0 Å². The van der Waals surface area contributed by atoms with Crippen molar-refractivity contribution in [2.24, 2.45) is 5.92 Å². The fraction of sp³-hybridized carbons (Fsp3) is 0.643. The number of nitrogens with zero attached hydrogens (tertiary/aromatic N) is 1. The van der Waals surface area contributed by atoms with Crippen molar-refractivity contribution in [1.82, 2.24) is 15.5 Å². The number of esters is 1. The van der Waals surface area contributed by atoms with E-state index in [0.29, 0.717) is 38.6 Å². The summed E-state index contributed by atoms with van der Waals surface area (Å²) < 4.78 is 16.1. The SMILES string of the molecule is CCOC(=O)CNC(=O)C(=O)[C@H](COCc1ccccc1)NC(=O)[C@@H](CC1CCCCC1)N1CCOCC1. The van der Waals surface area contributed by atoms with Crippen LogP contribution in [0.3, 0.4) is 0 Å². The van der Waals surface area contributed by atoms with E-state index >= 15 is 0 Å². The third-order valence-corrected chi connectivity index (χ3v) is 7.02. The molecular weight excluding hydrogens is 490 g/mol. The maximum absolute atomic E-state index is 13.6. The predicted octanol–water partition coefficient (Wildman–Crippen LogP) is 1.61. The fourth-order valence-corrected chi connectivity index (χ4v) is 4.98. The summed E-state index contributed by atoms with van der Waals surface area (Å²) in [5, 5.41) is 5.10. The van der Waals surface area contributed by atoms with Gasteiger partial charge in [0.15, 0.2) is 0 Å². The van der Waals surface area contributed by atoms with E-state index in [2.05, 4.69) is 15.5 Å². The number of nitrogens with one attached hydrogen (secondary N) is 2. The zero-order valence-corrected chi connectivity index (χ0v) is 22.3. The van der Waals surface area contributed by atoms with Gasteiger partial charge in [-0.05, 0) is 24.8 Å². The summed E-state index contributed by atoms with van der Waals surface area (Å²) in [5.41, 5.74) is 0.903. The van der Waals surface area contributed by atoms with Crippen molar-refractivity contribution in [1.29, 1.82) is 0 Å². The zero-order valence-electron chi connectivity index (χ0n) is 22.3. The van der Waals surface area contributed by atoms with E-state index in [1.807, 2.05) is 30.3 Å². The molecule has 0 aromatic heterocycles. The second-order valence-corrected chi connectivity index (χ2v) is 9.82. The largest absolute Gasteiger partial charge is 0.465 e. The summed E-state index contributed by atoms with van der Waals surface area (Å²) in [7, 11) is 0. The number of amides is 2. The minimum absolute atomic E-state index is 0.165. The van der Waals surface area contributed by atoms with Gasteiger partial charge in [0, 0.05) is 13.1 Å². The molecular formula is C28H41N3O7. The highest BCUT2D eigenvalue weighted by Crippen LogP contribution is 2.29. The van der Waals surface area contributed by atoms with Crippen molar-refractivity contribution in [2.45, 2.75) is 64.1 Å². The molecule has 2 amide bonds. The first-order valence-corrected chi connectivity index (χ1v) is 13.7. The van der Waals surface area contributed by atoms with E-state index in [1.54, 1.807) is 6.92 Å². The van der Waals surface area contributed by atoms with Crippen molar-refractivity contribution in [3.63, 3.8) is 0 Å². The maximum atomic E-state index is 13.6. The Hall–Kier alpha value is -2.82. The highest BCUT2D eigenvalue weighted by molar-refractivity contribution is 6.38. The average Bonchev–Trinajstić information content (AvgIpc) is 2.95. The summed E-state index contributed by atoms with van der Waals surface area (Å²) in [6.07, 6.45) is 6.43. The van der Waals surface area contributed by atoms with Crippen LogP contribution in [-0.4, -0.2) is 86.6 Å². The van der Waals surface area contributed by atoms with E-state index in [-0.39, 0.29) is 25.7 Å². The lowest BCUT2D eigenvalue weighted by molar-refractivity contribution is -0.146. The average molecular weight is 532 g/mol. The van der Waals surface area contributed by atoms with Crippen LogP contribution >= 0.6 is 0 Å². The molecule has 1 saturated heterocycles. The first-order valence-electron chi connectivity index (χ1n) is 13.7. The van der Waals surface area contributed by atoms with Gasteiger partial charge in [-0.2, -0.15) is 0 Å².